The molecule has 0 spiro atoms. The van der Waals surface area contributed by atoms with E-state index < -0.39 is 0 Å². The number of nitriles is 1. The molecule has 0 unspecified atom stereocenters. The molecule has 1 aromatic carbocycles. The third-order valence-corrected chi connectivity index (χ3v) is 5.02. The number of fused-ring (bicyclic) bond motifs is 1. The van der Waals surface area contributed by atoms with Crippen molar-refractivity contribution in [2.24, 2.45) is 0 Å². The SMILES string of the molecule is C=C/C(C#N)=C(\NC)c1cc(C)nc2c(OCc3c(Cl)cncc3Cl)cccc12. The summed E-state index contributed by atoms with van der Waals surface area (Å²) >= 11 is 12.4. The Hall–Kier alpha value is -3.07. The van der Waals surface area contributed by atoms with Crippen LogP contribution in [0.3, 0.4) is 0 Å². The molecule has 0 bridgehead atoms. The van der Waals surface area contributed by atoms with E-state index >= 15 is 0 Å². The predicted octanol–water partition coefficient (Wildman–Crippen LogP) is 5.46. The average molecular weight is 425 g/mol. The van der Waals surface area contributed by atoms with Gasteiger partial charge in [-0.2, -0.15) is 5.26 Å². The highest BCUT2D eigenvalue weighted by Crippen LogP contribution is 2.32. The normalized spacial score (nSPS) is 11.6. The summed E-state index contributed by atoms with van der Waals surface area (Å²) in [5, 5.41) is 14.3. The summed E-state index contributed by atoms with van der Waals surface area (Å²) in [5.74, 6) is 0.587. The molecule has 2 heterocycles. The molecular formula is C22H18Cl2N4O. The number of benzene rings is 1. The van der Waals surface area contributed by atoms with Crippen LogP contribution in [0.15, 0.2) is 54.9 Å². The van der Waals surface area contributed by atoms with Crippen molar-refractivity contribution < 1.29 is 4.74 Å². The number of nitrogens with one attached hydrogen (secondary N) is 1. The lowest BCUT2D eigenvalue weighted by molar-refractivity contribution is 0.309. The number of hydrogen-bond donors (Lipinski definition) is 1. The zero-order chi connectivity index (χ0) is 21.0. The van der Waals surface area contributed by atoms with Gasteiger partial charge in [-0.05, 0) is 25.1 Å². The van der Waals surface area contributed by atoms with Gasteiger partial charge >= 0.3 is 0 Å². The summed E-state index contributed by atoms with van der Waals surface area (Å²) in [6.07, 6.45) is 4.58. The number of aromatic nitrogens is 2. The molecule has 0 radical (unpaired) electrons. The maximum atomic E-state index is 9.46. The molecule has 3 aromatic rings. The number of hydrogen-bond acceptors (Lipinski definition) is 5. The third kappa shape index (κ3) is 4.19. The molecule has 0 saturated heterocycles. The highest BCUT2D eigenvalue weighted by molar-refractivity contribution is 6.35. The number of para-hydroxylation sites is 1. The second-order valence-corrected chi connectivity index (χ2v) is 7.00. The summed E-state index contributed by atoms with van der Waals surface area (Å²) in [6, 6.07) is 9.75. The fourth-order valence-corrected chi connectivity index (χ4v) is 3.49. The number of aryl methyl sites for hydroxylation is 1. The van der Waals surface area contributed by atoms with Crippen LogP contribution in [0.25, 0.3) is 16.6 Å². The second-order valence-electron chi connectivity index (χ2n) is 6.19. The highest BCUT2D eigenvalue weighted by atomic mass is 35.5. The molecule has 0 aliphatic carbocycles. The van der Waals surface area contributed by atoms with Gasteiger partial charge in [-0.15, -0.1) is 0 Å². The quantitative estimate of drug-likeness (QED) is 0.419. The van der Waals surface area contributed by atoms with Gasteiger partial charge < -0.3 is 10.1 Å². The van der Waals surface area contributed by atoms with Crippen LogP contribution >= 0.6 is 23.2 Å². The van der Waals surface area contributed by atoms with Crippen molar-refractivity contribution in [1.82, 2.24) is 15.3 Å². The molecule has 0 saturated carbocycles. The third-order valence-electron chi connectivity index (χ3n) is 4.37. The lowest BCUT2D eigenvalue weighted by Gasteiger charge is -2.15. The minimum Gasteiger partial charge on any atom is -0.487 e. The van der Waals surface area contributed by atoms with Crippen LogP contribution in [0.4, 0.5) is 0 Å². The molecule has 0 atom stereocenters. The van der Waals surface area contributed by atoms with Crippen molar-refractivity contribution in [1.29, 1.82) is 5.26 Å². The monoisotopic (exact) mass is 424 g/mol. The lowest BCUT2D eigenvalue weighted by atomic mass is 10.0. The van der Waals surface area contributed by atoms with Crippen LogP contribution in [-0.2, 0) is 6.61 Å². The van der Waals surface area contributed by atoms with Crippen molar-refractivity contribution in [3.05, 3.63) is 81.8 Å². The Balaban J connectivity index is 2.13. The molecule has 5 nitrogen and oxygen atoms in total. The van der Waals surface area contributed by atoms with Gasteiger partial charge in [0.15, 0.2) is 0 Å². The Morgan fingerprint density at radius 3 is 2.66 bits per heavy atom. The van der Waals surface area contributed by atoms with Crippen LogP contribution in [0.1, 0.15) is 16.8 Å². The van der Waals surface area contributed by atoms with Gasteiger partial charge in [0.2, 0.25) is 0 Å². The Labute approximate surface area is 179 Å². The minimum absolute atomic E-state index is 0.176. The van der Waals surface area contributed by atoms with Gasteiger partial charge in [-0.3, -0.25) is 4.98 Å². The molecule has 29 heavy (non-hydrogen) atoms. The number of halogens is 2. The van der Waals surface area contributed by atoms with Gasteiger partial charge in [0.05, 0.1) is 21.3 Å². The smallest absolute Gasteiger partial charge is 0.146 e. The van der Waals surface area contributed by atoms with Crippen molar-refractivity contribution in [2.45, 2.75) is 13.5 Å². The first kappa shape index (κ1) is 20.7. The summed E-state index contributed by atoms with van der Waals surface area (Å²) in [5.41, 5.74) is 4.09. The van der Waals surface area contributed by atoms with Crippen molar-refractivity contribution in [3.8, 4) is 11.8 Å². The molecule has 3 rings (SSSR count). The average Bonchev–Trinajstić information content (AvgIpc) is 2.71. The molecule has 2 aromatic heterocycles. The minimum atomic E-state index is 0.176. The lowest BCUT2D eigenvalue weighted by Crippen LogP contribution is -2.09. The van der Waals surface area contributed by atoms with E-state index in [0.29, 0.717) is 38.1 Å². The maximum absolute atomic E-state index is 9.46. The largest absolute Gasteiger partial charge is 0.487 e. The second kappa shape index (κ2) is 8.95. The van der Waals surface area contributed by atoms with Crippen LogP contribution in [-0.4, -0.2) is 17.0 Å². The van der Waals surface area contributed by atoms with Crippen LogP contribution in [0, 0.1) is 18.3 Å². The standard InChI is InChI=1S/C22H18Cl2N4O/c1-4-14(9-25)21(26-3)16-8-13(2)28-22-15(16)6-5-7-20(22)29-12-17-18(23)10-27-11-19(17)24/h4-8,10-11,26H,1,12H2,2-3H3/b21-14+. The Morgan fingerprint density at radius 1 is 1.31 bits per heavy atom. The fraction of sp³-hybridized carbons (Fsp3) is 0.136. The van der Waals surface area contributed by atoms with E-state index in [0.717, 1.165) is 16.6 Å². The summed E-state index contributed by atoms with van der Waals surface area (Å²) in [7, 11) is 1.77. The van der Waals surface area contributed by atoms with Crippen molar-refractivity contribution >= 4 is 39.8 Å². The molecule has 0 fully saturated rings. The molecule has 1 N–H and O–H groups in total. The molecule has 0 aliphatic heterocycles. The van der Waals surface area contributed by atoms with E-state index in [1.54, 1.807) is 7.05 Å². The molecule has 0 aliphatic rings. The van der Waals surface area contributed by atoms with E-state index in [2.05, 4.69) is 27.9 Å². The Bertz CT molecular complexity index is 1150. The van der Waals surface area contributed by atoms with Gasteiger partial charge in [0.25, 0.3) is 0 Å². The highest BCUT2D eigenvalue weighted by Gasteiger charge is 2.15. The summed E-state index contributed by atoms with van der Waals surface area (Å²) in [6.45, 7) is 5.80. The molecule has 0 amide bonds. The van der Waals surface area contributed by atoms with E-state index in [1.165, 1.54) is 18.5 Å². The van der Waals surface area contributed by atoms with Gasteiger partial charge in [0.1, 0.15) is 23.9 Å². The van der Waals surface area contributed by atoms with E-state index in [9.17, 15) is 5.26 Å². The molecule has 146 valence electrons. The van der Waals surface area contributed by atoms with Gasteiger partial charge in [0, 0.05) is 41.6 Å². The number of rotatable bonds is 6. The Kier molecular flexibility index (Phi) is 6.38. The van der Waals surface area contributed by atoms with E-state index in [-0.39, 0.29) is 6.61 Å². The zero-order valence-electron chi connectivity index (χ0n) is 16.0. The number of pyridine rings is 2. The molecular weight excluding hydrogens is 407 g/mol. The van der Waals surface area contributed by atoms with Gasteiger partial charge in [-0.25, -0.2) is 4.98 Å². The number of allylic oxidation sites excluding steroid dienone is 2. The van der Waals surface area contributed by atoms with Crippen LogP contribution in [0.2, 0.25) is 10.0 Å². The number of nitrogens with zero attached hydrogens (tertiary/aromatic N) is 3. The van der Waals surface area contributed by atoms with E-state index in [4.69, 9.17) is 27.9 Å². The summed E-state index contributed by atoms with van der Waals surface area (Å²) < 4.78 is 6.02. The summed E-state index contributed by atoms with van der Waals surface area (Å²) in [4.78, 5) is 8.61. The predicted molar refractivity (Wildman–Crippen MR) is 117 cm³/mol. The topological polar surface area (TPSA) is 70.8 Å². The zero-order valence-corrected chi connectivity index (χ0v) is 17.5. The van der Waals surface area contributed by atoms with E-state index in [1.807, 2.05) is 31.2 Å². The van der Waals surface area contributed by atoms with Gasteiger partial charge in [-0.1, -0.05) is 41.9 Å². The number of ether oxygens (including phenoxy) is 1. The maximum Gasteiger partial charge on any atom is 0.146 e. The van der Waals surface area contributed by atoms with Crippen molar-refractivity contribution in [3.63, 3.8) is 0 Å². The van der Waals surface area contributed by atoms with Crippen LogP contribution in [0.5, 0.6) is 5.75 Å². The fourth-order valence-electron chi connectivity index (χ4n) is 3.02. The first-order chi connectivity index (χ1) is 14.0. The van der Waals surface area contributed by atoms with Crippen molar-refractivity contribution in [2.75, 3.05) is 7.05 Å². The van der Waals surface area contributed by atoms with Crippen LogP contribution < -0.4 is 10.1 Å². The Morgan fingerprint density at radius 2 is 2.03 bits per heavy atom. The molecule has 7 heteroatoms. The first-order valence-electron chi connectivity index (χ1n) is 8.76. The first-order valence-corrected chi connectivity index (χ1v) is 9.51.